The Morgan fingerprint density at radius 1 is 0.971 bits per heavy atom. The number of hydrogen-bond acceptors (Lipinski definition) is 4. The van der Waals surface area contributed by atoms with Crippen LogP contribution in [0.3, 0.4) is 0 Å². The summed E-state index contributed by atoms with van der Waals surface area (Å²) in [5.74, 6) is 2.88. The molecule has 4 aromatic rings. The van der Waals surface area contributed by atoms with E-state index in [1.165, 1.54) is 0 Å². The van der Waals surface area contributed by atoms with Gasteiger partial charge in [0.15, 0.2) is 0 Å². The summed E-state index contributed by atoms with van der Waals surface area (Å²) in [5, 5.41) is 0. The SMILES string of the molecule is CCOc1ccc(N2CC(c3nc4ccccc4n3CCCOc3ccccc3C)CC2=O)cc1. The molecule has 1 atom stereocenters. The number of para-hydroxylation sites is 3. The highest BCUT2D eigenvalue weighted by molar-refractivity contribution is 5.96. The van der Waals surface area contributed by atoms with Crippen LogP contribution in [0.5, 0.6) is 11.5 Å². The maximum Gasteiger partial charge on any atom is 0.227 e. The van der Waals surface area contributed by atoms with Gasteiger partial charge in [-0.15, -0.1) is 0 Å². The molecular weight excluding hydrogens is 438 g/mol. The molecule has 1 fully saturated rings. The van der Waals surface area contributed by atoms with Crippen LogP contribution in [-0.4, -0.2) is 35.2 Å². The molecule has 0 aliphatic carbocycles. The van der Waals surface area contributed by atoms with Crippen LogP contribution in [0.4, 0.5) is 5.69 Å². The van der Waals surface area contributed by atoms with E-state index in [1.54, 1.807) is 0 Å². The highest BCUT2D eigenvalue weighted by Gasteiger charge is 2.34. The third-order valence-corrected chi connectivity index (χ3v) is 6.51. The summed E-state index contributed by atoms with van der Waals surface area (Å²) < 4.78 is 13.8. The highest BCUT2D eigenvalue weighted by atomic mass is 16.5. The Bertz CT molecular complexity index is 1310. The molecule has 0 saturated carbocycles. The average Bonchev–Trinajstić information content (AvgIpc) is 3.44. The van der Waals surface area contributed by atoms with E-state index >= 15 is 0 Å². The van der Waals surface area contributed by atoms with E-state index in [9.17, 15) is 4.79 Å². The lowest BCUT2D eigenvalue weighted by molar-refractivity contribution is -0.117. The molecule has 0 spiro atoms. The van der Waals surface area contributed by atoms with Crippen LogP contribution >= 0.6 is 0 Å². The maximum absolute atomic E-state index is 13.0. The number of rotatable bonds is 9. The molecule has 1 aliphatic rings. The number of anilines is 1. The lowest BCUT2D eigenvalue weighted by Crippen LogP contribution is -2.24. The summed E-state index contributed by atoms with van der Waals surface area (Å²) in [6, 6.07) is 24.0. The molecule has 0 radical (unpaired) electrons. The summed E-state index contributed by atoms with van der Waals surface area (Å²) in [6.07, 6.45) is 1.31. The molecule has 0 N–H and O–H groups in total. The third-order valence-electron chi connectivity index (χ3n) is 6.51. The summed E-state index contributed by atoms with van der Waals surface area (Å²) in [5.41, 5.74) is 4.11. The molecule has 5 rings (SSSR count). The van der Waals surface area contributed by atoms with Gasteiger partial charge in [0.2, 0.25) is 5.91 Å². The number of carbonyl (C=O) groups excluding carboxylic acids is 1. The van der Waals surface area contributed by atoms with Crippen LogP contribution in [0.15, 0.2) is 72.8 Å². The molecule has 1 aromatic heterocycles. The fourth-order valence-electron chi connectivity index (χ4n) is 4.78. The molecule has 2 heterocycles. The Morgan fingerprint density at radius 3 is 2.54 bits per heavy atom. The number of carbonyl (C=O) groups is 1. The Labute approximate surface area is 206 Å². The van der Waals surface area contributed by atoms with Gasteiger partial charge in [0.05, 0.1) is 24.2 Å². The van der Waals surface area contributed by atoms with Gasteiger partial charge >= 0.3 is 0 Å². The van der Waals surface area contributed by atoms with Gasteiger partial charge in [-0.1, -0.05) is 30.3 Å². The minimum absolute atomic E-state index is 0.0405. The Hall–Kier alpha value is -3.80. The molecule has 1 aliphatic heterocycles. The Balaban J connectivity index is 1.33. The summed E-state index contributed by atoms with van der Waals surface area (Å²) in [7, 11) is 0. The van der Waals surface area contributed by atoms with Gasteiger partial charge in [0.1, 0.15) is 17.3 Å². The van der Waals surface area contributed by atoms with Crippen LogP contribution in [0, 0.1) is 6.92 Å². The van der Waals surface area contributed by atoms with Crippen molar-refractivity contribution in [3.63, 3.8) is 0 Å². The number of nitrogens with zero attached hydrogens (tertiary/aromatic N) is 3. The number of amides is 1. The van der Waals surface area contributed by atoms with E-state index in [-0.39, 0.29) is 11.8 Å². The van der Waals surface area contributed by atoms with Crippen LogP contribution in [0.25, 0.3) is 11.0 Å². The normalized spacial score (nSPS) is 15.7. The Morgan fingerprint density at radius 2 is 1.74 bits per heavy atom. The van der Waals surface area contributed by atoms with Crippen molar-refractivity contribution in [2.75, 3.05) is 24.7 Å². The smallest absolute Gasteiger partial charge is 0.227 e. The first-order valence-corrected chi connectivity index (χ1v) is 12.3. The van der Waals surface area contributed by atoms with E-state index in [4.69, 9.17) is 14.5 Å². The molecule has 3 aromatic carbocycles. The number of aryl methyl sites for hydroxylation is 2. The predicted molar refractivity (Wildman–Crippen MR) is 138 cm³/mol. The second kappa shape index (κ2) is 10.2. The van der Waals surface area contributed by atoms with Gasteiger partial charge in [0.25, 0.3) is 0 Å². The highest BCUT2D eigenvalue weighted by Crippen LogP contribution is 2.34. The monoisotopic (exact) mass is 469 g/mol. The van der Waals surface area contributed by atoms with E-state index in [0.717, 1.165) is 52.6 Å². The molecular formula is C29H31N3O3. The molecule has 1 unspecified atom stereocenters. The topological polar surface area (TPSA) is 56.6 Å². The van der Waals surface area contributed by atoms with E-state index in [1.807, 2.05) is 72.5 Å². The molecule has 0 bridgehead atoms. The molecule has 6 nitrogen and oxygen atoms in total. The number of ether oxygens (including phenoxy) is 2. The van der Waals surface area contributed by atoms with E-state index in [0.29, 0.717) is 26.2 Å². The van der Waals surface area contributed by atoms with E-state index < -0.39 is 0 Å². The number of imidazole rings is 1. The number of fused-ring (bicyclic) bond motifs is 1. The maximum atomic E-state index is 13.0. The molecule has 180 valence electrons. The average molecular weight is 470 g/mol. The molecule has 6 heteroatoms. The molecule has 35 heavy (non-hydrogen) atoms. The van der Waals surface area contributed by atoms with Gasteiger partial charge in [0, 0.05) is 31.1 Å². The van der Waals surface area contributed by atoms with Gasteiger partial charge in [-0.05, 0) is 68.3 Å². The fourth-order valence-corrected chi connectivity index (χ4v) is 4.78. The van der Waals surface area contributed by atoms with Crippen molar-refractivity contribution in [1.82, 2.24) is 9.55 Å². The fraction of sp³-hybridized carbons (Fsp3) is 0.310. The number of aromatic nitrogens is 2. The Kier molecular flexibility index (Phi) is 6.70. The minimum atomic E-state index is 0.0405. The van der Waals surface area contributed by atoms with Gasteiger partial charge in [-0.2, -0.15) is 0 Å². The van der Waals surface area contributed by atoms with Crippen molar-refractivity contribution in [2.24, 2.45) is 0 Å². The molecule has 1 saturated heterocycles. The summed E-state index contributed by atoms with van der Waals surface area (Å²) >= 11 is 0. The van der Waals surface area contributed by atoms with Crippen LogP contribution < -0.4 is 14.4 Å². The molecule has 1 amide bonds. The zero-order chi connectivity index (χ0) is 24.2. The quantitative estimate of drug-likeness (QED) is 0.294. The zero-order valence-corrected chi connectivity index (χ0v) is 20.3. The van der Waals surface area contributed by atoms with Gasteiger partial charge in [-0.3, -0.25) is 4.79 Å². The predicted octanol–water partition coefficient (Wildman–Crippen LogP) is 5.73. The standard InChI is InChI=1S/C29H31N3O3/c1-3-34-24-15-13-23(14-16-24)32-20-22(19-28(32)33)29-30-25-10-5-6-11-26(25)31(29)17-8-18-35-27-12-7-4-9-21(27)2/h4-7,9-16,22H,3,8,17-20H2,1-2H3. The van der Waals surface area contributed by atoms with Gasteiger partial charge < -0.3 is 18.9 Å². The number of benzene rings is 3. The minimum Gasteiger partial charge on any atom is -0.494 e. The van der Waals surface area contributed by atoms with Gasteiger partial charge in [-0.25, -0.2) is 4.98 Å². The van der Waals surface area contributed by atoms with Crippen molar-refractivity contribution < 1.29 is 14.3 Å². The second-order valence-electron chi connectivity index (χ2n) is 8.91. The first-order chi connectivity index (χ1) is 17.1. The summed E-state index contributed by atoms with van der Waals surface area (Å²) in [6.45, 7) is 6.67. The van der Waals surface area contributed by atoms with Crippen molar-refractivity contribution in [3.05, 3.63) is 84.2 Å². The van der Waals surface area contributed by atoms with Crippen molar-refractivity contribution in [2.45, 2.75) is 39.2 Å². The lowest BCUT2D eigenvalue weighted by Gasteiger charge is -2.18. The van der Waals surface area contributed by atoms with Crippen LogP contribution in [0.2, 0.25) is 0 Å². The van der Waals surface area contributed by atoms with Crippen molar-refractivity contribution >= 4 is 22.6 Å². The van der Waals surface area contributed by atoms with E-state index in [2.05, 4.69) is 23.6 Å². The van der Waals surface area contributed by atoms with Crippen molar-refractivity contribution in [1.29, 1.82) is 0 Å². The lowest BCUT2D eigenvalue weighted by atomic mass is 10.1. The number of hydrogen-bond donors (Lipinski definition) is 0. The van der Waals surface area contributed by atoms with Crippen LogP contribution in [-0.2, 0) is 11.3 Å². The largest absolute Gasteiger partial charge is 0.494 e. The zero-order valence-electron chi connectivity index (χ0n) is 20.3. The summed E-state index contributed by atoms with van der Waals surface area (Å²) in [4.78, 5) is 19.8. The van der Waals surface area contributed by atoms with Crippen LogP contribution in [0.1, 0.15) is 37.1 Å². The first kappa shape index (κ1) is 23.0. The van der Waals surface area contributed by atoms with Crippen molar-refractivity contribution in [3.8, 4) is 11.5 Å². The third kappa shape index (κ3) is 4.87. The second-order valence-corrected chi connectivity index (χ2v) is 8.91. The first-order valence-electron chi connectivity index (χ1n) is 12.3.